The van der Waals surface area contributed by atoms with Gasteiger partial charge in [-0.2, -0.15) is 4.31 Å². The van der Waals surface area contributed by atoms with Crippen molar-refractivity contribution in [2.45, 2.75) is 36.9 Å². The minimum atomic E-state index is -4.01. The second-order valence-corrected chi connectivity index (χ2v) is 14.9. The van der Waals surface area contributed by atoms with E-state index in [9.17, 15) is 22.8 Å². The van der Waals surface area contributed by atoms with Gasteiger partial charge >= 0.3 is 5.97 Å². The molecule has 3 aliphatic rings. The molecule has 44 heavy (non-hydrogen) atoms. The average Bonchev–Trinajstić information content (AvgIpc) is 3.43. The number of piperazine rings is 2. The number of carboxylic acids is 1. The number of carbonyl (C=O) groups excluding carboxylic acids is 2. The molecule has 3 aromatic rings. The first kappa shape index (κ1) is 30.9. The van der Waals surface area contributed by atoms with Crippen LogP contribution in [0, 0.1) is 0 Å². The molecule has 2 saturated heterocycles. The van der Waals surface area contributed by atoms with Crippen molar-refractivity contribution in [1.82, 2.24) is 29.3 Å². The molecule has 12 nitrogen and oxygen atoms in total. The van der Waals surface area contributed by atoms with E-state index in [4.69, 9.17) is 16.7 Å². The van der Waals surface area contributed by atoms with Crippen LogP contribution < -0.4 is 5.32 Å². The standard InChI is InChI=1S/C29H33ClN6O6S2/c1-18-12-23-25(15-31-18)43-27(32-23)29(40)36-11-10-35(16-24(36)28(39)34-8-6-33(7-9-34)17-26(37)38)44(41,42)22-5-3-19-13-21(30)4-2-20(19)14-22/h2-5,13-14,18,24,31H,6-12,15-17H2,1H3,(H,37,38). The summed E-state index contributed by atoms with van der Waals surface area (Å²) in [5.41, 5.74) is 0.876. The van der Waals surface area contributed by atoms with E-state index in [1.54, 1.807) is 40.1 Å². The lowest BCUT2D eigenvalue weighted by molar-refractivity contribution is -0.141. The minimum absolute atomic E-state index is 0.0204. The Morgan fingerprint density at radius 1 is 1.05 bits per heavy atom. The van der Waals surface area contributed by atoms with Crippen molar-refractivity contribution in [2.24, 2.45) is 0 Å². The van der Waals surface area contributed by atoms with E-state index >= 15 is 0 Å². The van der Waals surface area contributed by atoms with Gasteiger partial charge in [-0.3, -0.25) is 19.3 Å². The molecule has 0 spiro atoms. The van der Waals surface area contributed by atoms with Crippen LogP contribution in [0.15, 0.2) is 41.3 Å². The van der Waals surface area contributed by atoms with Crippen LogP contribution in [0.4, 0.5) is 0 Å². The number of carboxylic acid groups (broad SMARTS) is 1. The maximum Gasteiger partial charge on any atom is 0.317 e. The summed E-state index contributed by atoms with van der Waals surface area (Å²) in [7, 11) is -4.01. The van der Waals surface area contributed by atoms with Crippen molar-refractivity contribution in [1.29, 1.82) is 0 Å². The fourth-order valence-electron chi connectivity index (χ4n) is 5.99. The van der Waals surface area contributed by atoms with Crippen molar-refractivity contribution in [3.05, 3.63) is 57.0 Å². The molecule has 2 unspecified atom stereocenters. The fourth-order valence-corrected chi connectivity index (χ4v) is 8.64. The maximum absolute atomic E-state index is 14.0. The second-order valence-electron chi connectivity index (χ2n) is 11.4. The Morgan fingerprint density at radius 3 is 2.52 bits per heavy atom. The Bertz CT molecular complexity index is 1720. The smallest absolute Gasteiger partial charge is 0.317 e. The predicted octanol–water partition coefficient (Wildman–Crippen LogP) is 1.73. The average molecular weight is 661 g/mol. The normalized spacial score (nSPS) is 21.8. The molecule has 0 bridgehead atoms. The topological polar surface area (TPSA) is 143 Å². The van der Waals surface area contributed by atoms with Gasteiger partial charge in [0.25, 0.3) is 5.91 Å². The molecule has 0 saturated carbocycles. The number of amides is 2. The number of rotatable bonds is 6. The molecule has 15 heteroatoms. The van der Waals surface area contributed by atoms with Crippen LogP contribution in [0.1, 0.15) is 27.3 Å². The van der Waals surface area contributed by atoms with Crippen molar-refractivity contribution < 1.29 is 27.9 Å². The van der Waals surface area contributed by atoms with Gasteiger partial charge in [0.2, 0.25) is 15.9 Å². The number of fused-ring (bicyclic) bond motifs is 2. The van der Waals surface area contributed by atoms with Crippen molar-refractivity contribution >= 4 is 61.5 Å². The highest BCUT2D eigenvalue weighted by Crippen LogP contribution is 2.29. The molecule has 0 aliphatic carbocycles. The third-order valence-electron chi connectivity index (χ3n) is 8.42. The second kappa shape index (κ2) is 12.3. The van der Waals surface area contributed by atoms with Gasteiger partial charge in [0.15, 0.2) is 5.01 Å². The van der Waals surface area contributed by atoms with Crippen LogP contribution in [0.5, 0.6) is 0 Å². The van der Waals surface area contributed by atoms with Crippen LogP contribution >= 0.6 is 22.9 Å². The molecule has 0 radical (unpaired) electrons. The van der Waals surface area contributed by atoms with Gasteiger partial charge in [0, 0.05) is 74.7 Å². The number of aromatic nitrogens is 1. The Balaban J connectivity index is 1.27. The zero-order chi connectivity index (χ0) is 31.2. The largest absolute Gasteiger partial charge is 0.480 e. The van der Waals surface area contributed by atoms with Crippen molar-refractivity contribution in [3.63, 3.8) is 0 Å². The molecule has 3 aliphatic heterocycles. The first-order valence-electron chi connectivity index (χ1n) is 14.4. The zero-order valence-electron chi connectivity index (χ0n) is 24.1. The summed E-state index contributed by atoms with van der Waals surface area (Å²) in [5, 5.41) is 14.9. The third kappa shape index (κ3) is 6.19. The number of hydrogen-bond donors (Lipinski definition) is 2. The van der Waals surface area contributed by atoms with E-state index in [0.717, 1.165) is 16.0 Å². The number of halogens is 1. The number of nitrogens with zero attached hydrogens (tertiary/aromatic N) is 5. The third-order valence-corrected chi connectivity index (χ3v) is 11.6. The molecule has 4 heterocycles. The van der Waals surface area contributed by atoms with E-state index < -0.39 is 22.0 Å². The Kier molecular flexibility index (Phi) is 8.65. The highest BCUT2D eigenvalue weighted by atomic mass is 35.5. The predicted molar refractivity (Wildman–Crippen MR) is 165 cm³/mol. The Labute approximate surface area is 264 Å². The Morgan fingerprint density at radius 2 is 1.77 bits per heavy atom. The number of carbonyl (C=O) groups is 3. The SMILES string of the molecule is CC1Cc2nc(C(=O)N3CCN(S(=O)(=O)c4ccc5cc(Cl)ccc5c4)CC3C(=O)N3CCN(CC(=O)O)CC3)sc2CN1. The first-order chi connectivity index (χ1) is 21.0. The molecule has 2 aromatic carbocycles. The van der Waals surface area contributed by atoms with Crippen LogP contribution in [-0.2, 0) is 32.6 Å². The fraction of sp³-hybridized carbons (Fsp3) is 0.448. The molecule has 2 amide bonds. The number of thiazole rings is 1. The molecule has 2 N–H and O–H groups in total. The number of nitrogens with one attached hydrogen (secondary N) is 1. The number of hydrogen-bond acceptors (Lipinski definition) is 9. The summed E-state index contributed by atoms with van der Waals surface area (Å²) in [5.74, 6) is -1.69. The number of sulfonamides is 1. The van der Waals surface area contributed by atoms with E-state index in [0.29, 0.717) is 41.5 Å². The van der Waals surface area contributed by atoms with Crippen LogP contribution in [0.25, 0.3) is 10.8 Å². The van der Waals surface area contributed by atoms with E-state index in [1.165, 1.54) is 26.6 Å². The van der Waals surface area contributed by atoms with E-state index in [1.807, 2.05) is 0 Å². The monoisotopic (exact) mass is 660 g/mol. The first-order valence-corrected chi connectivity index (χ1v) is 17.1. The molecule has 2 fully saturated rings. The van der Waals surface area contributed by atoms with Crippen LogP contribution in [0.3, 0.4) is 0 Å². The summed E-state index contributed by atoms with van der Waals surface area (Å²) in [6, 6.07) is 9.21. The summed E-state index contributed by atoms with van der Waals surface area (Å²) in [4.78, 5) is 49.6. The van der Waals surface area contributed by atoms with Crippen LogP contribution in [-0.4, -0.2) is 120 Å². The van der Waals surface area contributed by atoms with Gasteiger partial charge in [-0.25, -0.2) is 13.4 Å². The van der Waals surface area contributed by atoms with Gasteiger partial charge in [-0.05, 0) is 42.0 Å². The lowest BCUT2D eigenvalue weighted by Crippen LogP contribution is -2.63. The Hall–Kier alpha value is -3.14. The van der Waals surface area contributed by atoms with Crippen LogP contribution in [0.2, 0.25) is 5.02 Å². The highest BCUT2D eigenvalue weighted by molar-refractivity contribution is 7.89. The minimum Gasteiger partial charge on any atom is -0.480 e. The van der Waals surface area contributed by atoms with Crippen molar-refractivity contribution in [2.75, 3.05) is 52.4 Å². The molecular formula is C29H33ClN6O6S2. The highest BCUT2D eigenvalue weighted by Gasteiger charge is 2.43. The van der Waals surface area contributed by atoms with Gasteiger partial charge < -0.3 is 20.2 Å². The lowest BCUT2D eigenvalue weighted by Gasteiger charge is -2.43. The van der Waals surface area contributed by atoms with Crippen molar-refractivity contribution in [3.8, 4) is 0 Å². The number of benzene rings is 2. The van der Waals surface area contributed by atoms with Gasteiger partial charge in [-0.1, -0.05) is 23.7 Å². The van der Waals surface area contributed by atoms with Gasteiger partial charge in [0.1, 0.15) is 6.04 Å². The van der Waals surface area contributed by atoms with Gasteiger partial charge in [-0.15, -0.1) is 11.3 Å². The van der Waals surface area contributed by atoms with E-state index in [-0.39, 0.29) is 62.0 Å². The maximum atomic E-state index is 14.0. The molecule has 234 valence electrons. The lowest BCUT2D eigenvalue weighted by atomic mass is 10.1. The summed E-state index contributed by atoms with van der Waals surface area (Å²) >= 11 is 7.41. The molecule has 2 atom stereocenters. The van der Waals surface area contributed by atoms with E-state index in [2.05, 4.69) is 17.2 Å². The molecular weight excluding hydrogens is 628 g/mol. The zero-order valence-corrected chi connectivity index (χ0v) is 26.5. The summed E-state index contributed by atoms with van der Waals surface area (Å²) in [6.07, 6.45) is 0.700. The summed E-state index contributed by atoms with van der Waals surface area (Å²) < 4.78 is 29.1. The molecule has 1 aromatic heterocycles. The number of aliphatic carboxylic acids is 1. The quantitative estimate of drug-likeness (QED) is 0.404. The molecule has 6 rings (SSSR count). The summed E-state index contributed by atoms with van der Waals surface area (Å²) in [6.45, 7) is 3.68. The van der Waals surface area contributed by atoms with Gasteiger partial charge in [0.05, 0.1) is 17.1 Å².